The van der Waals surface area contributed by atoms with Crippen molar-refractivity contribution in [3.63, 3.8) is 0 Å². The molecule has 1 aromatic carbocycles. The number of hydrogen-bond donors (Lipinski definition) is 2. The Morgan fingerprint density at radius 3 is 2.54 bits per heavy atom. The molecule has 0 saturated carbocycles. The Morgan fingerprint density at radius 2 is 2.00 bits per heavy atom. The summed E-state index contributed by atoms with van der Waals surface area (Å²) >= 11 is 6.10. The van der Waals surface area contributed by atoms with Crippen LogP contribution in [0.4, 0.5) is 5.69 Å². The summed E-state index contributed by atoms with van der Waals surface area (Å²) in [6.45, 7) is 6.46. The molecule has 1 heterocycles. The molecule has 1 aliphatic rings. The summed E-state index contributed by atoms with van der Waals surface area (Å²) in [7, 11) is 1.54. The van der Waals surface area contributed by atoms with Crippen LogP contribution >= 0.6 is 24.0 Å². The van der Waals surface area contributed by atoms with Crippen molar-refractivity contribution in [2.45, 2.75) is 32.7 Å². The van der Waals surface area contributed by atoms with E-state index in [1.165, 1.54) is 7.11 Å². The average molecular weight is 434 g/mol. The molecule has 158 valence electrons. The zero-order valence-electron chi connectivity index (χ0n) is 16.5. The number of aryl methyl sites for hydroxylation is 1. The summed E-state index contributed by atoms with van der Waals surface area (Å²) < 4.78 is 5.29. The molecular weight excluding hydrogens is 405 g/mol. The minimum atomic E-state index is -0.800. The van der Waals surface area contributed by atoms with Crippen molar-refractivity contribution < 1.29 is 19.4 Å². The van der Waals surface area contributed by atoms with Crippen molar-refractivity contribution in [2.75, 3.05) is 45.2 Å². The van der Waals surface area contributed by atoms with Crippen LogP contribution in [-0.4, -0.2) is 72.7 Å². The molecule has 0 atom stereocenters. The Kier molecular flexibility index (Phi) is 10.0. The first-order valence-corrected chi connectivity index (χ1v) is 9.54. The van der Waals surface area contributed by atoms with Crippen molar-refractivity contribution in [1.82, 2.24) is 9.80 Å². The van der Waals surface area contributed by atoms with E-state index in [0.717, 1.165) is 31.5 Å². The number of piperidine rings is 1. The van der Waals surface area contributed by atoms with E-state index in [2.05, 4.69) is 10.2 Å². The lowest BCUT2D eigenvalue weighted by Gasteiger charge is -2.37. The largest absolute Gasteiger partial charge is 0.495 e. The number of likely N-dealkylation sites (N-methyl/N-ethyl adjacent to an activating group) is 1. The van der Waals surface area contributed by atoms with Gasteiger partial charge in [0.15, 0.2) is 0 Å². The molecule has 2 N–H and O–H groups in total. The number of carboxylic acid groups (broad SMARTS) is 1. The summed E-state index contributed by atoms with van der Waals surface area (Å²) in [5.41, 5.74) is 1.48. The second-order valence-electron chi connectivity index (χ2n) is 6.81. The number of methoxy groups -OCH3 is 1. The average Bonchev–Trinajstić information content (AvgIpc) is 2.63. The summed E-state index contributed by atoms with van der Waals surface area (Å²) in [6.07, 6.45) is 1.72. The SMILES string of the molecule is CCN(CC(=O)O)C1CCN(CC(=O)Nc2cc(C)c(Cl)cc2OC)CC1.Cl. The highest BCUT2D eigenvalue weighted by molar-refractivity contribution is 6.31. The van der Waals surface area contributed by atoms with E-state index in [9.17, 15) is 9.59 Å². The maximum absolute atomic E-state index is 12.4. The minimum Gasteiger partial charge on any atom is -0.495 e. The van der Waals surface area contributed by atoms with E-state index >= 15 is 0 Å². The number of carbonyl (C=O) groups excluding carboxylic acids is 1. The number of halogens is 2. The highest BCUT2D eigenvalue weighted by Gasteiger charge is 2.26. The van der Waals surface area contributed by atoms with E-state index in [0.29, 0.717) is 29.5 Å². The Bertz CT molecular complexity index is 679. The lowest BCUT2D eigenvalue weighted by Crippen LogP contribution is -2.48. The molecule has 28 heavy (non-hydrogen) atoms. The molecule has 1 saturated heterocycles. The van der Waals surface area contributed by atoms with Gasteiger partial charge in [-0.05, 0) is 37.9 Å². The standard InChI is InChI=1S/C19H28ClN3O4.ClH/c1-4-23(12-19(25)26)14-5-7-22(8-6-14)11-18(24)21-16-9-13(2)15(20)10-17(16)27-3;/h9-10,14H,4-8,11-12H2,1-3H3,(H,21,24)(H,25,26);1H. The molecule has 0 aliphatic carbocycles. The Labute approximate surface area is 177 Å². The normalized spacial score (nSPS) is 15.2. The van der Waals surface area contributed by atoms with E-state index in [4.69, 9.17) is 21.4 Å². The Morgan fingerprint density at radius 1 is 1.36 bits per heavy atom. The minimum absolute atomic E-state index is 0. The first-order chi connectivity index (χ1) is 12.8. The zero-order valence-corrected chi connectivity index (χ0v) is 18.1. The molecule has 1 amide bonds. The van der Waals surface area contributed by atoms with Crippen LogP contribution in [-0.2, 0) is 9.59 Å². The highest BCUT2D eigenvalue weighted by Crippen LogP contribution is 2.31. The molecule has 0 bridgehead atoms. The monoisotopic (exact) mass is 433 g/mol. The lowest BCUT2D eigenvalue weighted by molar-refractivity contribution is -0.139. The first-order valence-electron chi connectivity index (χ1n) is 9.16. The van der Waals surface area contributed by atoms with Crippen LogP contribution in [0.2, 0.25) is 5.02 Å². The second kappa shape index (κ2) is 11.5. The molecule has 0 aromatic heterocycles. The van der Waals surface area contributed by atoms with Gasteiger partial charge in [0, 0.05) is 30.2 Å². The van der Waals surface area contributed by atoms with E-state index in [-0.39, 0.29) is 30.9 Å². The maximum atomic E-state index is 12.4. The van der Waals surface area contributed by atoms with Crippen LogP contribution < -0.4 is 10.1 Å². The number of aliphatic carboxylic acids is 1. The number of nitrogens with one attached hydrogen (secondary N) is 1. The quantitative estimate of drug-likeness (QED) is 0.655. The summed E-state index contributed by atoms with van der Waals surface area (Å²) in [4.78, 5) is 27.5. The van der Waals surface area contributed by atoms with Gasteiger partial charge in [0.05, 0.1) is 25.9 Å². The molecule has 1 fully saturated rings. The van der Waals surface area contributed by atoms with Gasteiger partial charge < -0.3 is 15.2 Å². The van der Waals surface area contributed by atoms with Gasteiger partial charge in [-0.25, -0.2) is 0 Å². The third kappa shape index (κ3) is 6.81. The molecule has 1 aliphatic heterocycles. The van der Waals surface area contributed by atoms with Crippen LogP contribution in [0.15, 0.2) is 12.1 Å². The zero-order chi connectivity index (χ0) is 20.0. The van der Waals surface area contributed by atoms with Gasteiger partial charge in [-0.2, -0.15) is 0 Å². The van der Waals surface area contributed by atoms with E-state index in [1.807, 2.05) is 18.7 Å². The van der Waals surface area contributed by atoms with Crippen molar-refractivity contribution in [1.29, 1.82) is 0 Å². The molecule has 1 aromatic rings. The van der Waals surface area contributed by atoms with Crippen LogP contribution in [0.3, 0.4) is 0 Å². The number of rotatable bonds is 8. The maximum Gasteiger partial charge on any atom is 0.317 e. The topological polar surface area (TPSA) is 82.1 Å². The summed E-state index contributed by atoms with van der Waals surface area (Å²) in [5, 5.41) is 12.5. The van der Waals surface area contributed by atoms with Crippen molar-refractivity contribution >= 4 is 41.6 Å². The third-order valence-corrected chi connectivity index (χ3v) is 5.35. The second-order valence-corrected chi connectivity index (χ2v) is 7.22. The Hall–Kier alpha value is -1.54. The molecule has 2 rings (SSSR count). The van der Waals surface area contributed by atoms with Crippen LogP contribution in [0.1, 0.15) is 25.3 Å². The Balaban J connectivity index is 0.00000392. The van der Waals surface area contributed by atoms with Crippen molar-refractivity contribution in [2.24, 2.45) is 0 Å². The molecule has 0 radical (unpaired) electrons. The van der Waals surface area contributed by atoms with Gasteiger partial charge in [0.25, 0.3) is 0 Å². The van der Waals surface area contributed by atoms with E-state index < -0.39 is 5.97 Å². The summed E-state index contributed by atoms with van der Waals surface area (Å²) in [5.74, 6) is -0.373. The molecule has 9 heteroatoms. The molecular formula is C19H29Cl2N3O4. The number of anilines is 1. The van der Waals surface area contributed by atoms with Crippen molar-refractivity contribution in [3.05, 3.63) is 22.7 Å². The van der Waals surface area contributed by atoms with E-state index in [1.54, 1.807) is 12.1 Å². The van der Waals surface area contributed by atoms with Crippen LogP contribution in [0, 0.1) is 6.92 Å². The van der Waals surface area contributed by atoms with Crippen LogP contribution in [0.25, 0.3) is 0 Å². The lowest BCUT2D eigenvalue weighted by atomic mass is 10.0. The molecule has 0 spiro atoms. The number of nitrogens with zero attached hydrogens (tertiary/aromatic N) is 2. The fourth-order valence-electron chi connectivity index (χ4n) is 3.44. The fourth-order valence-corrected chi connectivity index (χ4v) is 3.59. The number of benzene rings is 1. The number of amides is 1. The van der Waals surface area contributed by atoms with Crippen LogP contribution in [0.5, 0.6) is 5.75 Å². The summed E-state index contributed by atoms with van der Waals surface area (Å²) in [6, 6.07) is 3.75. The van der Waals surface area contributed by atoms with Gasteiger partial charge in [-0.15, -0.1) is 12.4 Å². The van der Waals surface area contributed by atoms with Gasteiger partial charge in [0.1, 0.15) is 5.75 Å². The fraction of sp³-hybridized carbons (Fsp3) is 0.579. The van der Waals surface area contributed by atoms with Gasteiger partial charge in [0.2, 0.25) is 5.91 Å². The number of likely N-dealkylation sites (tertiary alicyclic amines) is 1. The first kappa shape index (κ1) is 24.5. The number of hydrogen-bond acceptors (Lipinski definition) is 5. The number of ether oxygens (including phenoxy) is 1. The molecule has 7 nitrogen and oxygen atoms in total. The van der Waals surface area contributed by atoms with Crippen molar-refractivity contribution in [3.8, 4) is 5.75 Å². The highest BCUT2D eigenvalue weighted by atomic mass is 35.5. The number of carbonyl (C=O) groups is 2. The predicted octanol–water partition coefficient (Wildman–Crippen LogP) is 2.89. The number of carboxylic acids is 1. The van der Waals surface area contributed by atoms with Gasteiger partial charge in [-0.3, -0.25) is 19.4 Å². The smallest absolute Gasteiger partial charge is 0.317 e. The molecule has 0 unspecified atom stereocenters. The third-order valence-electron chi connectivity index (χ3n) is 4.94. The van der Waals surface area contributed by atoms with Gasteiger partial charge in [-0.1, -0.05) is 18.5 Å². The van der Waals surface area contributed by atoms with Gasteiger partial charge >= 0.3 is 5.97 Å². The predicted molar refractivity (Wildman–Crippen MR) is 113 cm³/mol.